The number of benzene rings is 1. The van der Waals surface area contributed by atoms with Crippen LogP contribution < -0.4 is 10.2 Å². The molecule has 2 aromatic rings. The molecule has 0 radical (unpaired) electrons. The Morgan fingerprint density at radius 3 is 2.45 bits per heavy atom. The molecule has 1 aromatic carbocycles. The van der Waals surface area contributed by atoms with Crippen molar-refractivity contribution in [1.29, 1.82) is 0 Å². The highest BCUT2D eigenvalue weighted by molar-refractivity contribution is 5.96. The van der Waals surface area contributed by atoms with Crippen LogP contribution >= 0.6 is 0 Å². The number of amides is 2. The SMILES string of the molecule is CC(C)C(=O)Nc1ccc(C(=O)N2CCCC(CN3CCN(c4ccccn4)CC3)C2)cc1. The van der Waals surface area contributed by atoms with Crippen molar-refractivity contribution in [3.63, 3.8) is 0 Å². The van der Waals surface area contributed by atoms with Crippen molar-refractivity contribution in [3.05, 3.63) is 54.2 Å². The summed E-state index contributed by atoms with van der Waals surface area (Å²) in [6.45, 7) is 10.4. The molecule has 2 aliphatic heterocycles. The number of rotatable bonds is 6. The highest BCUT2D eigenvalue weighted by Gasteiger charge is 2.27. The third-order valence-corrected chi connectivity index (χ3v) is 6.59. The van der Waals surface area contributed by atoms with E-state index in [2.05, 4.69) is 26.2 Å². The van der Waals surface area contributed by atoms with E-state index in [9.17, 15) is 9.59 Å². The molecule has 0 spiro atoms. The Morgan fingerprint density at radius 1 is 1.03 bits per heavy atom. The van der Waals surface area contributed by atoms with Gasteiger partial charge in [-0.2, -0.15) is 0 Å². The van der Waals surface area contributed by atoms with E-state index >= 15 is 0 Å². The number of nitrogens with zero attached hydrogens (tertiary/aromatic N) is 4. The normalized spacial score (nSPS) is 19.5. The summed E-state index contributed by atoms with van der Waals surface area (Å²) in [6, 6.07) is 13.3. The molecule has 2 saturated heterocycles. The molecule has 0 aliphatic carbocycles. The number of aromatic nitrogens is 1. The molecule has 7 heteroatoms. The van der Waals surface area contributed by atoms with Crippen LogP contribution in [0.2, 0.25) is 0 Å². The second-order valence-electron chi connectivity index (χ2n) is 9.46. The Hall–Kier alpha value is -2.93. The smallest absolute Gasteiger partial charge is 0.253 e. The van der Waals surface area contributed by atoms with Crippen LogP contribution in [0.3, 0.4) is 0 Å². The molecule has 1 atom stereocenters. The number of anilines is 2. The molecule has 7 nitrogen and oxygen atoms in total. The Morgan fingerprint density at radius 2 is 1.79 bits per heavy atom. The molecule has 1 aromatic heterocycles. The third kappa shape index (κ3) is 6.11. The van der Waals surface area contributed by atoms with Crippen molar-refractivity contribution < 1.29 is 9.59 Å². The molecule has 0 saturated carbocycles. The predicted molar refractivity (Wildman–Crippen MR) is 131 cm³/mol. The minimum atomic E-state index is -0.0745. The van der Waals surface area contributed by atoms with Crippen LogP contribution in [0.15, 0.2) is 48.7 Å². The first-order valence-corrected chi connectivity index (χ1v) is 12.1. The van der Waals surface area contributed by atoms with Gasteiger partial charge in [0.15, 0.2) is 0 Å². The molecule has 0 bridgehead atoms. The highest BCUT2D eigenvalue weighted by Crippen LogP contribution is 2.22. The third-order valence-electron chi connectivity index (χ3n) is 6.59. The first kappa shape index (κ1) is 23.2. The average molecular weight is 450 g/mol. The first-order valence-electron chi connectivity index (χ1n) is 12.1. The monoisotopic (exact) mass is 449 g/mol. The number of likely N-dealkylation sites (tertiary alicyclic amines) is 1. The minimum Gasteiger partial charge on any atom is -0.354 e. The molecule has 176 valence electrons. The number of piperazine rings is 1. The fraction of sp³-hybridized carbons (Fsp3) is 0.500. The Bertz CT molecular complexity index is 923. The van der Waals surface area contributed by atoms with Gasteiger partial charge in [-0.05, 0) is 55.2 Å². The summed E-state index contributed by atoms with van der Waals surface area (Å²) in [5.41, 5.74) is 1.41. The van der Waals surface area contributed by atoms with Gasteiger partial charge in [-0.25, -0.2) is 4.98 Å². The van der Waals surface area contributed by atoms with E-state index in [4.69, 9.17) is 0 Å². The molecule has 2 aliphatic rings. The summed E-state index contributed by atoms with van der Waals surface area (Å²) in [5, 5.41) is 2.88. The summed E-state index contributed by atoms with van der Waals surface area (Å²) < 4.78 is 0. The van der Waals surface area contributed by atoms with Gasteiger partial charge in [-0.3, -0.25) is 14.5 Å². The van der Waals surface area contributed by atoms with E-state index < -0.39 is 0 Å². The maximum atomic E-state index is 13.1. The van der Waals surface area contributed by atoms with E-state index in [-0.39, 0.29) is 17.7 Å². The zero-order valence-corrected chi connectivity index (χ0v) is 19.7. The number of hydrogen-bond acceptors (Lipinski definition) is 5. The van der Waals surface area contributed by atoms with Crippen LogP contribution in [0.1, 0.15) is 37.0 Å². The lowest BCUT2D eigenvalue weighted by atomic mass is 9.96. The van der Waals surface area contributed by atoms with Crippen molar-refractivity contribution in [2.75, 3.05) is 56.0 Å². The summed E-state index contributed by atoms with van der Waals surface area (Å²) >= 11 is 0. The molecule has 1 unspecified atom stereocenters. The Kier molecular flexibility index (Phi) is 7.60. The quantitative estimate of drug-likeness (QED) is 0.733. The lowest BCUT2D eigenvalue weighted by Gasteiger charge is -2.39. The lowest BCUT2D eigenvalue weighted by molar-refractivity contribution is -0.118. The first-order chi connectivity index (χ1) is 16.0. The molecule has 3 heterocycles. The van der Waals surface area contributed by atoms with Crippen molar-refractivity contribution >= 4 is 23.3 Å². The second-order valence-corrected chi connectivity index (χ2v) is 9.46. The standard InChI is InChI=1S/C26H35N5O2/c1-20(2)25(32)28-23-10-8-22(9-11-23)26(33)31-13-5-6-21(19-31)18-29-14-16-30(17-15-29)24-7-3-4-12-27-24/h3-4,7-12,20-21H,5-6,13-19H2,1-2H3,(H,28,32). The largest absolute Gasteiger partial charge is 0.354 e. The summed E-state index contributed by atoms with van der Waals surface area (Å²) in [4.78, 5) is 36.3. The van der Waals surface area contributed by atoms with E-state index in [1.165, 1.54) is 6.42 Å². The maximum absolute atomic E-state index is 13.1. The molecular weight excluding hydrogens is 414 g/mol. The second kappa shape index (κ2) is 10.8. The van der Waals surface area contributed by atoms with Gasteiger partial charge in [0.2, 0.25) is 5.91 Å². The van der Waals surface area contributed by atoms with Gasteiger partial charge in [-0.1, -0.05) is 19.9 Å². The average Bonchev–Trinajstić information content (AvgIpc) is 2.85. The topological polar surface area (TPSA) is 68.8 Å². The van der Waals surface area contributed by atoms with Crippen LogP contribution in [0.25, 0.3) is 0 Å². The Balaban J connectivity index is 1.27. The zero-order chi connectivity index (χ0) is 23.2. The summed E-state index contributed by atoms with van der Waals surface area (Å²) in [6.07, 6.45) is 4.07. The molecule has 1 N–H and O–H groups in total. The van der Waals surface area contributed by atoms with Gasteiger partial charge in [0.1, 0.15) is 5.82 Å². The van der Waals surface area contributed by atoms with Gasteiger partial charge in [0.25, 0.3) is 5.91 Å². The number of hydrogen-bond donors (Lipinski definition) is 1. The van der Waals surface area contributed by atoms with Gasteiger partial charge < -0.3 is 15.1 Å². The fourth-order valence-corrected chi connectivity index (χ4v) is 4.63. The van der Waals surface area contributed by atoms with Crippen LogP contribution in [0, 0.1) is 11.8 Å². The fourth-order valence-electron chi connectivity index (χ4n) is 4.63. The van der Waals surface area contributed by atoms with Gasteiger partial charge >= 0.3 is 0 Å². The van der Waals surface area contributed by atoms with E-state index in [1.54, 1.807) is 0 Å². The summed E-state index contributed by atoms with van der Waals surface area (Å²) in [5.74, 6) is 1.56. The van der Waals surface area contributed by atoms with E-state index in [1.807, 2.05) is 61.3 Å². The van der Waals surface area contributed by atoms with E-state index in [0.29, 0.717) is 11.5 Å². The maximum Gasteiger partial charge on any atom is 0.253 e. The number of pyridine rings is 1. The van der Waals surface area contributed by atoms with Gasteiger partial charge in [0, 0.05) is 69.2 Å². The summed E-state index contributed by atoms with van der Waals surface area (Å²) in [7, 11) is 0. The van der Waals surface area contributed by atoms with Crippen LogP contribution in [0.4, 0.5) is 11.5 Å². The van der Waals surface area contributed by atoms with Crippen molar-refractivity contribution in [2.45, 2.75) is 26.7 Å². The van der Waals surface area contributed by atoms with E-state index in [0.717, 1.165) is 63.7 Å². The number of nitrogens with one attached hydrogen (secondary N) is 1. The minimum absolute atomic E-state index is 0.0196. The molecule has 33 heavy (non-hydrogen) atoms. The van der Waals surface area contributed by atoms with Crippen LogP contribution in [0.5, 0.6) is 0 Å². The Labute approximate surface area is 196 Å². The molecule has 2 amide bonds. The number of carbonyl (C=O) groups excluding carboxylic acids is 2. The number of piperidine rings is 1. The van der Waals surface area contributed by atoms with Gasteiger partial charge in [0.05, 0.1) is 0 Å². The highest BCUT2D eigenvalue weighted by atomic mass is 16.2. The van der Waals surface area contributed by atoms with Crippen LogP contribution in [-0.2, 0) is 4.79 Å². The number of carbonyl (C=O) groups is 2. The molecule has 2 fully saturated rings. The zero-order valence-electron chi connectivity index (χ0n) is 19.7. The molecular formula is C26H35N5O2. The van der Waals surface area contributed by atoms with Crippen molar-refractivity contribution in [2.24, 2.45) is 11.8 Å². The lowest BCUT2D eigenvalue weighted by Crippen LogP contribution is -2.50. The van der Waals surface area contributed by atoms with Crippen molar-refractivity contribution in [1.82, 2.24) is 14.8 Å². The van der Waals surface area contributed by atoms with Gasteiger partial charge in [-0.15, -0.1) is 0 Å². The predicted octanol–water partition coefficient (Wildman–Crippen LogP) is 3.35. The molecule has 4 rings (SSSR count). The van der Waals surface area contributed by atoms with Crippen molar-refractivity contribution in [3.8, 4) is 0 Å². The van der Waals surface area contributed by atoms with Crippen LogP contribution in [-0.4, -0.2) is 72.4 Å².